The van der Waals surface area contributed by atoms with Crippen molar-refractivity contribution in [2.75, 3.05) is 0 Å². The maximum absolute atomic E-state index is 13.4. The average Bonchev–Trinajstić information content (AvgIpc) is 3.26. The van der Waals surface area contributed by atoms with E-state index in [1.807, 2.05) is 30.3 Å². The van der Waals surface area contributed by atoms with Crippen molar-refractivity contribution in [1.82, 2.24) is 0 Å². The SMILES string of the molecule is CC(=O)OC1CCC2(C)C(=CC(OC(=O)c3ccccc3)C3C2CCC2(C)C(C(C)CCCC(C)C)CCC32)C1. The number of hydrogen-bond acceptors (Lipinski definition) is 4. The number of benzene rings is 1. The molecule has 0 radical (unpaired) electrons. The molecule has 0 N–H and O–H groups in total. The smallest absolute Gasteiger partial charge is 0.338 e. The Kier molecular flexibility index (Phi) is 8.56. The number of hydrogen-bond donors (Lipinski definition) is 0. The van der Waals surface area contributed by atoms with Gasteiger partial charge in [0.2, 0.25) is 0 Å². The second-order valence-electron chi connectivity index (χ2n) is 14.6. The van der Waals surface area contributed by atoms with Crippen LogP contribution in [-0.4, -0.2) is 24.1 Å². The lowest BCUT2D eigenvalue weighted by Gasteiger charge is -2.59. The van der Waals surface area contributed by atoms with E-state index in [9.17, 15) is 9.59 Å². The maximum Gasteiger partial charge on any atom is 0.338 e. The highest BCUT2D eigenvalue weighted by atomic mass is 16.5. The first-order valence-electron chi connectivity index (χ1n) is 16.2. The van der Waals surface area contributed by atoms with Gasteiger partial charge in [0.05, 0.1) is 5.56 Å². The predicted molar refractivity (Wildman–Crippen MR) is 160 cm³/mol. The summed E-state index contributed by atoms with van der Waals surface area (Å²) in [6.45, 7) is 13.7. The molecule has 4 nitrogen and oxygen atoms in total. The lowest BCUT2D eigenvalue weighted by atomic mass is 9.46. The van der Waals surface area contributed by atoms with Gasteiger partial charge in [-0.2, -0.15) is 0 Å². The van der Waals surface area contributed by atoms with Gasteiger partial charge in [-0.25, -0.2) is 4.79 Å². The molecule has 0 bridgehead atoms. The van der Waals surface area contributed by atoms with Crippen LogP contribution in [0.3, 0.4) is 0 Å². The van der Waals surface area contributed by atoms with Crippen LogP contribution in [0.5, 0.6) is 0 Å². The molecule has 4 aliphatic carbocycles. The van der Waals surface area contributed by atoms with Crippen LogP contribution in [0.4, 0.5) is 0 Å². The molecule has 0 heterocycles. The van der Waals surface area contributed by atoms with E-state index in [0.29, 0.717) is 28.7 Å². The van der Waals surface area contributed by atoms with E-state index in [1.165, 1.54) is 57.4 Å². The van der Waals surface area contributed by atoms with E-state index < -0.39 is 0 Å². The molecule has 40 heavy (non-hydrogen) atoms. The topological polar surface area (TPSA) is 52.6 Å². The van der Waals surface area contributed by atoms with Crippen LogP contribution in [0, 0.1) is 46.3 Å². The van der Waals surface area contributed by atoms with Crippen LogP contribution in [0.15, 0.2) is 42.0 Å². The van der Waals surface area contributed by atoms with Crippen LogP contribution < -0.4 is 0 Å². The molecule has 1 aromatic carbocycles. The molecule has 3 saturated carbocycles. The first-order chi connectivity index (χ1) is 19.0. The van der Waals surface area contributed by atoms with E-state index in [4.69, 9.17) is 9.47 Å². The second kappa shape index (κ2) is 11.6. The van der Waals surface area contributed by atoms with Gasteiger partial charge in [-0.3, -0.25) is 4.79 Å². The number of esters is 2. The van der Waals surface area contributed by atoms with Crippen molar-refractivity contribution in [2.45, 2.75) is 118 Å². The van der Waals surface area contributed by atoms with E-state index in [-0.39, 0.29) is 29.6 Å². The monoisotopic (exact) mass is 548 g/mol. The van der Waals surface area contributed by atoms with Crippen LogP contribution in [0.2, 0.25) is 0 Å². The number of fused-ring (bicyclic) bond motifs is 5. The molecule has 3 fully saturated rings. The molecule has 0 spiro atoms. The first kappa shape index (κ1) is 29.4. The van der Waals surface area contributed by atoms with Gasteiger partial charge >= 0.3 is 11.9 Å². The van der Waals surface area contributed by atoms with Crippen LogP contribution in [0.1, 0.15) is 116 Å². The maximum atomic E-state index is 13.4. The van der Waals surface area contributed by atoms with Crippen molar-refractivity contribution in [2.24, 2.45) is 46.3 Å². The highest BCUT2D eigenvalue weighted by Crippen LogP contribution is 2.67. The number of rotatable bonds is 8. The van der Waals surface area contributed by atoms with Crippen LogP contribution >= 0.6 is 0 Å². The Morgan fingerprint density at radius 1 is 0.925 bits per heavy atom. The summed E-state index contributed by atoms with van der Waals surface area (Å²) in [5, 5.41) is 0. The standard InChI is InChI=1S/C36H52O4/c1-23(2)11-10-12-24(3)29-15-16-30-33-31(18-20-36(29,30)6)35(5)19-17-28(39-25(4)37)21-27(35)22-32(33)40-34(38)26-13-8-7-9-14-26/h7-9,13-14,22-24,28-33H,10-12,15-21H2,1-6H3. The molecule has 0 amide bonds. The fraction of sp³-hybridized carbons (Fsp3) is 0.722. The van der Waals surface area contributed by atoms with Crippen molar-refractivity contribution in [3.8, 4) is 0 Å². The molecule has 0 aliphatic heterocycles. The summed E-state index contributed by atoms with van der Waals surface area (Å²) in [6.07, 6.45) is 13.7. The Hall–Kier alpha value is -2.10. The Balaban J connectivity index is 1.45. The molecule has 9 atom stereocenters. The van der Waals surface area contributed by atoms with Gasteiger partial charge in [0.15, 0.2) is 0 Å². The molecule has 0 saturated heterocycles. The van der Waals surface area contributed by atoms with Crippen molar-refractivity contribution < 1.29 is 19.1 Å². The molecule has 4 aliphatic rings. The lowest BCUT2D eigenvalue weighted by molar-refractivity contribution is -0.149. The summed E-state index contributed by atoms with van der Waals surface area (Å²) in [7, 11) is 0. The third-order valence-electron chi connectivity index (χ3n) is 11.8. The normalized spacial score (nSPS) is 37.5. The Labute approximate surface area is 242 Å². The van der Waals surface area contributed by atoms with Crippen molar-refractivity contribution >= 4 is 11.9 Å². The van der Waals surface area contributed by atoms with E-state index in [1.54, 1.807) is 0 Å². The summed E-state index contributed by atoms with van der Waals surface area (Å²) in [5.74, 6) is 3.23. The molecule has 0 aromatic heterocycles. The Bertz CT molecular complexity index is 1090. The zero-order valence-electron chi connectivity index (χ0n) is 25.8. The zero-order chi connectivity index (χ0) is 28.7. The molecular formula is C36H52O4. The summed E-state index contributed by atoms with van der Waals surface area (Å²) in [6, 6.07) is 9.45. The Morgan fingerprint density at radius 3 is 2.38 bits per heavy atom. The van der Waals surface area contributed by atoms with Crippen molar-refractivity contribution in [3.63, 3.8) is 0 Å². The van der Waals surface area contributed by atoms with Gasteiger partial charge in [-0.15, -0.1) is 0 Å². The highest BCUT2D eigenvalue weighted by molar-refractivity contribution is 5.89. The van der Waals surface area contributed by atoms with Crippen molar-refractivity contribution in [1.29, 1.82) is 0 Å². The van der Waals surface area contributed by atoms with Crippen molar-refractivity contribution in [3.05, 3.63) is 47.5 Å². The van der Waals surface area contributed by atoms with Crippen LogP contribution in [-0.2, 0) is 14.3 Å². The molecule has 4 heteroatoms. The molecular weight excluding hydrogens is 496 g/mol. The molecule has 5 rings (SSSR count). The number of carbonyl (C=O) groups excluding carboxylic acids is 2. The van der Waals surface area contributed by atoms with Gasteiger partial charge in [-0.1, -0.05) is 77.7 Å². The van der Waals surface area contributed by atoms with Gasteiger partial charge in [-0.05, 0) is 97.2 Å². The number of carbonyl (C=O) groups is 2. The summed E-state index contributed by atoms with van der Waals surface area (Å²) < 4.78 is 12.2. The largest absolute Gasteiger partial charge is 0.462 e. The minimum atomic E-state index is -0.225. The first-order valence-corrected chi connectivity index (χ1v) is 16.2. The van der Waals surface area contributed by atoms with Gasteiger partial charge in [0.25, 0.3) is 0 Å². The predicted octanol–water partition coefficient (Wildman–Crippen LogP) is 8.80. The van der Waals surface area contributed by atoms with Gasteiger partial charge < -0.3 is 9.47 Å². The van der Waals surface area contributed by atoms with E-state index in [0.717, 1.165) is 37.0 Å². The minimum Gasteiger partial charge on any atom is -0.462 e. The van der Waals surface area contributed by atoms with E-state index >= 15 is 0 Å². The zero-order valence-corrected chi connectivity index (χ0v) is 25.8. The third kappa shape index (κ3) is 5.53. The quantitative estimate of drug-likeness (QED) is 0.241. The van der Waals surface area contributed by atoms with Gasteiger partial charge in [0, 0.05) is 19.3 Å². The highest BCUT2D eigenvalue weighted by Gasteiger charge is 2.62. The fourth-order valence-electron chi connectivity index (χ4n) is 9.83. The molecule has 1 aromatic rings. The summed E-state index contributed by atoms with van der Waals surface area (Å²) >= 11 is 0. The average molecular weight is 549 g/mol. The molecule has 220 valence electrons. The van der Waals surface area contributed by atoms with Crippen LogP contribution in [0.25, 0.3) is 0 Å². The van der Waals surface area contributed by atoms with E-state index in [2.05, 4.69) is 40.7 Å². The minimum absolute atomic E-state index is 0.0738. The number of ether oxygens (including phenoxy) is 2. The van der Waals surface area contributed by atoms with Gasteiger partial charge in [0.1, 0.15) is 12.2 Å². The Morgan fingerprint density at radius 2 is 1.68 bits per heavy atom. The summed E-state index contributed by atoms with van der Waals surface area (Å²) in [5.41, 5.74) is 2.34. The fourth-order valence-corrected chi connectivity index (χ4v) is 9.83. The third-order valence-corrected chi connectivity index (χ3v) is 11.8. The lowest BCUT2D eigenvalue weighted by Crippen LogP contribution is -2.55. The summed E-state index contributed by atoms with van der Waals surface area (Å²) in [4.78, 5) is 25.2. The molecule has 9 unspecified atom stereocenters. The second-order valence-corrected chi connectivity index (χ2v) is 14.6.